The van der Waals surface area contributed by atoms with Gasteiger partial charge in [-0.3, -0.25) is 4.79 Å². The van der Waals surface area contributed by atoms with E-state index in [2.05, 4.69) is 10.6 Å². The monoisotopic (exact) mass is 404 g/mol. The molecule has 0 aromatic heterocycles. The molecular weight excluding hydrogens is 375 g/mol. The summed E-state index contributed by atoms with van der Waals surface area (Å²) in [6, 6.07) is 5.38. The molecule has 1 aliphatic heterocycles. The Bertz CT molecular complexity index is 755. The van der Waals surface area contributed by atoms with Crippen molar-refractivity contribution in [2.75, 3.05) is 26.7 Å². The molecule has 1 heterocycles. The predicted molar refractivity (Wildman–Crippen MR) is 107 cm³/mol. The van der Waals surface area contributed by atoms with Crippen molar-refractivity contribution in [2.45, 2.75) is 45.1 Å². The summed E-state index contributed by atoms with van der Waals surface area (Å²) in [4.78, 5) is 26.6. The third-order valence-corrected chi connectivity index (χ3v) is 5.08. The van der Waals surface area contributed by atoms with Crippen molar-refractivity contribution in [1.29, 1.82) is 5.26 Å². The highest BCUT2D eigenvalue weighted by atomic mass is 19.1. The number of halogens is 1. The maximum atomic E-state index is 13.7. The Kier molecular flexibility index (Phi) is 8.25. The number of rotatable bonds is 7. The van der Waals surface area contributed by atoms with Gasteiger partial charge in [0, 0.05) is 18.7 Å². The number of ether oxygens (including phenoxy) is 1. The quantitative estimate of drug-likeness (QED) is 0.683. The van der Waals surface area contributed by atoms with Crippen molar-refractivity contribution in [1.82, 2.24) is 15.5 Å². The summed E-state index contributed by atoms with van der Waals surface area (Å²) < 4.78 is 19.0. The van der Waals surface area contributed by atoms with Gasteiger partial charge in [0.1, 0.15) is 24.2 Å². The topological polar surface area (TPSA) is 94.5 Å². The van der Waals surface area contributed by atoms with Crippen molar-refractivity contribution >= 4 is 11.9 Å². The second-order valence-electron chi connectivity index (χ2n) is 7.66. The first-order valence-electron chi connectivity index (χ1n) is 9.89. The van der Waals surface area contributed by atoms with Crippen molar-refractivity contribution in [3.63, 3.8) is 0 Å². The van der Waals surface area contributed by atoms with E-state index in [9.17, 15) is 14.0 Å². The summed E-state index contributed by atoms with van der Waals surface area (Å²) in [5.41, 5.74) is 0.820. The van der Waals surface area contributed by atoms with Crippen LogP contribution in [0.15, 0.2) is 18.2 Å². The molecule has 1 atom stereocenters. The molecule has 7 nitrogen and oxygen atoms in total. The van der Waals surface area contributed by atoms with Gasteiger partial charge in [0.2, 0.25) is 5.91 Å². The van der Waals surface area contributed by atoms with Crippen LogP contribution in [0.3, 0.4) is 0 Å². The van der Waals surface area contributed by atoms with Crippen LogP contribution in [0, 0.1) is 23.1 Å². The Hall–Kier alpha value is -2.82. The molecule has 0 saturated carbocycles. The molecule has 8 heteroatoms. The van der Waals surface area contributed by atoms with Crippen LogP contribution in [-0.2, 0) is 4.79 Å². The van der Waals surface area contributed by atoms with E-state index in [4.69, 9.17) is 10.00 Å². The maximum absolute atomic E-state index is 13.7. The summed E-state index contributed by atoms with van der Waals surface area (Å²) in [5.74, 6) is 0.309. The van der Waals surface area contributed by atoms with Gasteiger partial charge in [0.25, 0.3) is 0 Å². The summed E-state index contributed by atoms with van der Waals surface area (Å²) in [7, 11) is 1.56. The summed E-state index contributed by atoms with van der Waals surface area (Å²) in [5, 5.41) is 13.9. The van der Waals surface area contributed by atoms with Gasteiger partial charge in [-0.25, -0.2) is 9.18 Å². The Morgan fingerprint density at radius 2 is 2.03 bits per heavy atom. The van der Waals surface area contributed by atoms with Gasteiger partial charge in [-0.15, -0.1) is 0 Å². The van der Waals surface area contributed by atoms with Crippen molar-refractivity contribution in [3.8, 4) is 11.8 Å². The molecule has 158 valence electrons. The number of nitrogens with one attached hydrogen (secondary N) is 2. The minimum absolute atomic E-state index is 0.0931. The number of piperidine rings is 1. The van der Waals surface area contributed by atoms with Gasteiger partial charge in [0.15, 0.2) is 0 Å². The molecular formula is C21H29FN4O3. The summed E-state index contributed by atoms with van der Waals surface area (Å²) >= 11 is 0. The van der Waals surface area contributed by atoms with Crippen LogP contribution in [0.1, 0.15) is 44.6 Å². The largest absolute Gasteiger partial charge is 0.496 e. The number of carbonyl (C=O) groups excluding carboxylic acids is 2. The molecule has 1 aromatic carbocycles. The first-order chi connectivity index (χ1) is 13.8. The van der Waals surface area contributed by atoms with Crippen molar-refractivity contribution in [3.05, 3.63) is 29.6 Å². The van der Waals surface area contributed by atoms with Gasteiger partial charge in [-0.2, -0.15) is 5.26 Å². The van der Waals surface area contributed by atoms with Gasteiger partial charge in [-0.05, 0) is 49.3 Å². The Labute approximate surface area is 171 Å². The number of methoxy groups -OCH3 is 1. The highest BCUT2D eigenvalue weighted by Gasteiger charge is 2.29. The summed E-state index contributed by atoms with van der Waals surface area (Å²) in [6.07, 6.45) is 1.85. The van der Waals surface area contributed by atoms with E-state index < -0.39 is 6.04 Å². The molecule has 2 rings (SSSR count). The molecule has 1 aliphatic rings. The number of hydrogen-bond donors (Lipinski definition) is 2. The zero-order valence-electron chi connectivity index (χ0n) is 17.2. The maximum Gasteiger partial charge on any atom is 0.318 e. The first kappa shape index (κ1) is 22.5. The lowest BCUT2D eigenvalue weighted by atomic mass is 9.89. The van der Waals surface area contributed by atoms with Gasteiger partial charge in [-0.1, -0.05) is 13.8 Å². The second kappa shape index (κ2) is 10.6. The van der Waals surface area contributed by atoms with Crippen LogP contribution in [0.2, 0.25) is 0 Å². The van der Waals surface area contributed by atoms with Crippen LogP contribution < -0.4 is 15.4 Å². The summed E-state index contributed by atoms with van der Waals surface area (Å²) in [6.45, 7) is 4.85. The normalized spacial score (nSPS) is 15.5. The average molecular weight is 404 g/mol. The number of urea groups is 1. The number of likely N-dealkylation sites (tertiary alicyclic amines) is 1. The molecule has 1 saturated heterocycles. The lowest BCUT2D eigenvalue weighted by Crippen LogP contribution is -2.53. The van der Waals surface area contributed by atoms with Crippen LogP contribution in [0.25, 0.3) is 0 Å². The van der Waals surface area contributed by atoms with E-state index in [0.717, 1.165) is 5.56 Å². The Morgan fingerprint density at radius 1 is 1.34 bits per heavy atom. The molecule has 1 unspecified atom stereocenters. The molecule has 0 radical (unpaired) electrons. The van der Waals surface area contributed by atoms with E-state index >= 15 is 0 Å². The first-order valence-corrected chi connectivity index (χ1v) is 9.89. The second-order valence-corrected chi connectivity index (χ2v) is 7.66. The molecule has 1 aromatic rings. The number of hydrogen-bond acceptors (Lipinski definition) is 4. The number of amides is 3. The SMILES string of the molecule is COc1ccc(F)cc1C1CCN(C(=O)NC(CC(C)C)C(=O)NCC#N)CC1. The fourth-order valence-electron chi connectivity index (χ4n) is 3.61. The molecule has 3 amide bonds. The lowest BCUT2D eigenvalue weighted by molar-refractivity contribution is -0.123. The van der Waals surface area contributed by atoms with E-state index in [1.807, 2.05) is 19.9 Å². The molecule has 0 spiro atoms. The molecule has 2 N–H and O–H groups in total. The van der Waals surface area contributed by atoms with Gasteiger partial charge < -0.3 is 20.3 Å². The zero-order valence-corrected chi connectivity index (χ0v) is 17.2. The van der Waals surface area contributed by atoms with Crippen LogP contribution in [0.4, 0.5) is 9.18 Å². The molecule has 1 fully saturated rings. The van der Waals surface area contributed by atoms with Gasteiger partial charge in [0.05, 0.1) is 13.2 Å². The van der Waals surface area contributed by atoms with E-state index in [1.54, 1.807) is 18.1 Å². The van der Waals surface area contributed by atoms with Crippen molar-refractivity contribution < 1.29 is 18.7 Å². The third kappa shape index (κ3) is 6.34. The third-order valence-electron chi connectivity index (χ3n) is 5.08. The lowest BCUT2D eigenvalue weighted by Gasteiger charge is -2.34. The van der Waals surface area contributed by atoms with E-state index in [0.29, 0.717) is 38.1 Å². The highest BCUT2D eigenvalue weighted by molar-refractivity contribution is 5.87. The Morgan fingerprint density at radius 3 is 2.62 bits per heavy atom. The minimum atomic E-state index is -0.683. The predicted octanol–water partition coefficient (Wildman–Crippen LogP) is 2.78. The highest BCUT2D eigenvalue weighted by Crippen LogP contribution is 2.34. The smallest absolute Gasteiger partial charge is 0.318 e. The van der Waals surface area contributed by atoms with Crippen molar-refractivity contribution in [2.24, 2.45) is 5.92 Å². The minimum Gasteiger partial charge on any atom is -0.496 e. The number of benzene rings is 1. The van der Waals surface area contributed by atoms with Gasteiger partial charge >= 0.3 is 6.03 Å². The fraction of sp³-hybridized carbons (Fsp3) is 0.571. The molecule has 0 aliphatic carbocycles. The zero-order chi connectivity index (χ0) is 21.4. The van der Waals surface area contributed by atoms with Crippen LogP contribution >= 0.6 is 0 Å². The number of carbonyl (C=O) groups is 2. The van der Waals surface area contributed by atoms with Crippen LogP contribution in [0.5, 0.6) is 5.75 Å². The number of nitriles is 1. The van der Waals surface area contributed by atoms with E-state index in [-0.39, 0.29) is 36.1 Å². The van der Waals surface area contributed by atoms with Crippen LogP contribution in [-0.4, -0.2) is 49.6 Å². The van der Waals surface area contributed by atoms with E-state index in [1.165, 1.54) is 12.1 Å². The Balaban J connectivity index is 1.97. The number of nitrogens with zero attached hydrogens (tertiary/aromatic N) is 2. The molecule has 29 heavy (non-hydrogen) atoms. The molecule has 0 bridgehead atoms. The fourth-order valence-corrected chi connectivity index (χ4v) is 3.61. The average Bonchev–Trinajstić information content (AvgIpc) is 2.71. The standard InChI is InChI=1S/C21H29FN4O3/c1-14(2)12-18(20(27)24-9-8-23)25-21(28)26-10-6-15(7-11-26)17-13-16(22)4-5-19(17)29-3/h4-5,13-15,18H,6-7,9-12H2,1-3H3,(H,24,27)(H,25,28).